The van der Waals surface area contributed by atoms with Gasteiger partial charge < -0.3 is 0 Å². The molecule has 1 aromatic heterocycles. The molecule has 0 aliphatic heterocycles. The number of rotatable bonds is 1. The first-order valence-corrected chi connectivity index (χ1v) is 4.03. The van der Waals surface area contributed by atoms with Crippen molar-refractivity contribution in [3.63, 3.8) is 0 Å². The molecule has 0 saturated carbocycles. The summed E-state index contributed by atoms with van der Waals surface area (Å²) in [7, 11) is 0. The topological polar surface area (TPSA) is 30.0 Å². The molecule has 1 rings (SSSR count). The molecule has 2 nitrogen and oxygen atoms in total. The molecule has 10 heavy (non-hydrogen) atoms. The second-order valence-electron chi connectivity index (χ2n) is 1.57. The van der Waals surface area contributed by atoms with Gasteiger partial charge in [-0.3, -0.25) is 4.79 Å². The van der Waals surface area contributed by atoms with E-state index in [2.05, 4.69) is 36.8 Å². The van der Waals surface area contributed by atoms with Crippen LogP contribution < -0.4 is 0 Å². The molecule has 0 aromatic carbocycles. The highest BCUT2D eigenvalue weighted by Gasteiger charge is 1.99. The lowest BCUT2D eigenvalue weighted by Gasteiger charge is -1.92. The minimum absolute atomic E-state index is 0.286. The van der Waals surface area contributed by atoms with Crippen molar-refractivity contribution in [2.45, 2.75) is 0 Å². The molecule has 1 radical (unpaired) electrons. The van der Waals surface area contributed by atoms with E-state index >= 15 is 0 Å². The van der Waals surface area contributed by atoms with Gasteiger partial charge in [-0.1, -0.05) is 0 Å². The Kier molecular flexibility index (Phi) is 2.56. The van der Waals surface area contributed by atoms with Crippen LogP contribution in [-0.4, -0.2) is 11.3 Å². The van der Waals surface area contributed by atoms with Crippen molar-refractivity contribution in [2.24, 2.45) is 0 Å². The van der Waals surface area contributed by atoms with E-state index in [0.29, 0.717) is 9.08 Å². The highest BCUT2D eigenvalue weighted by atomic mass is 79.9. The van der Waals surface area contributed by atoms with Crippen LogP contribution in [0.5, 0.6) is 0 Å². The van der Waals surface area contributed by atoms with Crippen molar-refractivity contribution in [3.8, 4) is 0 Å². The zero-order chi connectivity index (χ0) is 7.56. The average molecular weight is 264 g/mol. The summed E-state index contributed by atoms with van der Waals surface area (Å²) < 4.78 is 1.29. The van der Waals surface area contributed by atoms with Gasteiger partial charge in [-0.15, -0.1) is 0 Å². The first-order valence-electron chi connectivity index (χ1n) is 2.44. The van der Waals surface area contributed by atoms with E-state index in [1.165, 1.54) is 0 Å². The van der Waals surface area contributed by atoms with Crippen molar-refractivity contribution in [1.82, 2.24) is 4.98 Å². The van der Waals surface area contributed by atoms with Crippen molar-refractivity contribution in [1.29, 1.82) is 0 Å². The normalized spacial score (nSPS) is 9.40. The summed E-state index contributed by atoms with van der Waals surface area (Å²) in [5.74, 6) is 0. The molecule has 0 aliphatic rings. The summed E-state index contributed by atoms with van der Waals surface area (Å²) in [6.07, 6.45) is 1.70. The minimum atomic E-state index is 0.286. The van der Waals surface area contributed by atoms with Gasteiger partial charge >= 0.3 is 0 Å². The van der Waals surface area contributed by atoms with Crippen molar-refractivity contribution in [2.75, 3.05) is 0 Å². The minimum Gasteiger partial charge on any atom is -0.283 e. The second-order valence-corrected chi connectivity index (χ2v) is 3.23. The van der Waals surface area contributed by atoms with Crippen LogP contribution >= 0.6 is 31.9 Å². The molecule has 0 aliphatic carbocycles. The Morgan fingerprint density at radius 1 is 1.40 bits per heavy atom. The molecule has 0 amide bonds. The van der Waals surface area contributed by atoms with Crippen molar-refractivity contribution in [3.05, 3.63) is 26.9 Å². The summed E-state index contributed by atoms with van der Waals surface area (Å²) in [5.41, 5.74) is 0.286. The molecule has 0 spiro atoms. The first kappa shape index (κ1) is 7.88. The number of aromatic nitrogens is 1. The fourth-order valence-electron chi connectivity index (χ4n) is 0.490. The van der Waals surface area contributed by atoms with Crippen LogP contribution in [0.25, 0.3) is 0 Å². The average Bonchev–Trinajstić information content (AvgIpc) is 1.94. The Morgan fingerprint density at radius 3 is 2.60 bits per heavy atom. The van der Waals surface area contributed by atoms with Crippen LogP contribution in [0.4, 0.5) is 0 Å². The highest BCUT2D eigenvalue weighted by molar-refractivity contribution is 9.11. The molecule has 0 atom stereocenters. The molecule has 0 saturated heterocycles. The highest BCUT2D eigenvalue weighted by Crippen LogP contribution is 2.15. The Labute approximate surface area is 74.9 Å². The van der Waals surface area contributed by atoms with Crippen LogP contribution in [0, 0.1) is 0 Å². The third-order valence-corrected chi connectivity index (χ3v) is 1.99. The molecule has 4 heteroatoms. The summed E-state index contributed by atoms with van der Waals surface area (Å²) in [6, 6.07) is 3.47. The Bertz CT molecular complexity index is 262. The van der Waals surface area contributed by atoms with Gasteiger partial charge in [0.25, 0.3) is 6.29 Å². The molecule has 1 heterocycles. The number of carbonyl (C=O) groups excluding carboxylic acids is 1. The Hall–Kier alpha value is -0.220. The van der Waals surface area contributed by atoms with E-state index in [-0.39, 0.29) is 5.69 Å². The largest absolute Gasteiger partial charge is 0.283 e. The maximum atomic E-state index is 10.1. The van der Waals surface area contributed by atoms with Gasteiger partial charge in [-0.05, 0) is 44.0 Å². The molecule has 51 valence electrons. The monoisotopic (exact) mass is 262 g/mol. The molecule has 0 bridgehead atoms. The van der Waals surface area contributed by atoms with Gasteiger partial charge in [0.1, 0.15) is 10.3 Å². The molecular weight excluding hydrogens is 262 g/mol. The SMILES string of the molecule is O=[C]c1nc(Br)ccc1Br. The number of halogens is 2. The fourth-order valence-corrected chi connectivity index (χ4v) is 1.10. The van der Waals surface area contributed by atoms with Gasteiger partial charge in [-0.2, -0.15) is 0 Å². The van der Waals surface area contributed by atoms with Gasteiger partial charge in [-0.25, -0.2) is 4.98 Å². The molecule has 1 aromatic rings. The second kappa shape index (κ2) is 3.25. The number of hydrogen-bond acceptors (Lipinski definition) is 2. The smallest absolute Gasteiger partial charge is 0.254 e. The van der Waals surface area contributed by atoms with Gasteiger partial charge in [0, 0.05) is 4.47 Å². The van der Waals surface area contributed by atoms with Crippen LogP contribution in [0.15, 0.2) is 21.2 Å². The Balaban J connectivity index is 3.21. The van der Waals surface area contributed by atoms with Crippen molar-refractivity contribution < 1.29 is 4.79 Å². The van der Waals surface area contributed by atoms with E-state index in [1.807, 2.05) is 0 Å². The maximum absolute atomic E-state index is 10.1. The zero-order valence-corrected chi connectivity index (χ0v) is 7.94. The molecule has 0 fully saturated rings. The standard InChI is InChI=1S/C6H2Br2NO/c7-4-1-2-6(8)9-5(4)3-10/h1-2H. The van der Waals surface area contributed by atoms with E-state index in [0.717, 1.165) is 0 Å². The van der Waals surface area contributed by atoms with Gasteiger partial charge in [0.15, 0.2) is 0 Å². The van der Waals surface area contributed by atoms with E-state index in [1.54, 1.807) is 18.4 Å². The third kappa shape index (κ3) is 1.64. The summed E-state index contributed by atoms with van der Waals surface area (Å²) in [6.45, 7) is 0. The summed E-state index contributed by atoms with van der Waals surface area (Å²) >= 11 is 6.27. The Morgan fingerprint density at radius 2 is 2.10 bits per heavy atom. The van der Waals surface area contributed by atoms with Crippen molar-refractivity contribution >= 4 is 38.1 Å². The predicted octanol–water partition coefficient (Wildman–Crippen LogP) is 2.06. The van der Waals surface area contributed by atoms with Crippen LogP contribution in [-0.2, 0) is 4.79 Å². The zero-order valence-electron chi connectivity index (χ0n) is 4.77. The van der Waals surface area contributed by atoms with Gasteiger partial charge in [0.05, 0.1) is 0 Å². The molecule has 0 unspecified atom stereocenters. The molecular formula is C6H2Br2NO. The third-order valence-electron chi connectivity index (χ3n) is 0.909. The summed E-state index contributed by atoms with van der Waals surface area (Å²) in [5, 5.41) is 0. The lowest BCUT2D eigenvalue weighted by atomic mass is 10.4. The van der Waals surface area contributed by atoms with Gasteiger partial charge in [0.2, 0.25) is 0 Å². The summed E-state index contributed by atoms with van der Waals surface area (Å²) in [4.78, 5) is 14.0. The van der Waals surface area contributed by atoms with E-state index in [9.17, 15) is 4.79 Å². The lowest BCUT2D eigenvalue weighted by molar-refractivity contribution is 0.561. The quantitative estimate of drug-likeness (QED) is 0.726. The maximum Gasteiger partial charge on any atom is 0.254 e. The number of nitrogens with zero attached hydrogens (tertiary/aromatic N) is 1. The van der Waals surface area contributed by atoms with E-state index in [4.69, 9.17) is 0 Å². The molecule has 0 N–H and O–H groups in total. The number of hydrogen-bond donors (Lipinski definition) is 0. The van der Waals surface area contributed by atoms with E-state index < -0.39 is 0 Å². The predicted molar refractivity (Wildman–Crippen MR) is 44.4 cm³/mol. The first-order chi connectivity index (χ1) is 4.74. The van der Waals surface area contributed by atoms with Crippen LogP contribution in [0.1, 0.15) is 5.69 Å². The lowest BCUT2D eigenvalue weighted by Crippen LogP contribution is -1.88. The van der Waals surface area contributed by atoms with Crippen LogP contribution in [0.3, 0.4) is 0 Å². The van der Waals surface area contributed by atoms with Crippen LogP contribution in [0.2, 0.25) is 0 Å². The fraction of sp³-hybridized carbons (Fsp3) is 0. The number of pyridine rings is 1.